The number of benzene rings is 2. The highest BCUT2D eigenvalue weighted by atomic mass is 79.9. The number of quaternary nitrogens is 1. The van der Waals surface area contributed by atoms with E-state index < -0.39 is 0 Å². The minimum Gasteiger partial charge on any atom is -1.00 e. The fourth-order valence-electron chi connectivity index (χ4n) is 4.40. The topological polar surface area (TPSA) is 71.1 Å². The van der Waals surface area contributed by atoms with Crippen LogP contribution in [0, 0.1) is 6.92 Å². The smallest absolute Gasteiger partial charge is 0.361 e. The number of rotatable bonds is 6. The Morgan fingerprint density at radius 3 is 2.45 bits per heavy atom. The molecule has 2 aliphatic rings. The molecule has 2 aliphatic heterocycles. The van der Waals surface area contributed by atoms with Gasteiger partial charge in [0.2, 0.25) is 12.5 Å². The lowest BCUT2D eigenvalue weighted by atomic mass is 9.88. The van der Waals surface area contributed by atoms with Crippen LogP contribution in [-0.2, 0) is 22.5 Å². The van der Waals surface area contributed by atoms with E-state index >= 15 is 0 Å². The van der Waals surface area contributed by atoms with Gasteiger partial charge in [-0.1, -0.05) is 35.9 Å². The Bertz CT molecular complexity index is 1100. The molecule has 2 aromatic carbocycles. The first-order valence-electron chi connectivity index (χ1n) is 10.6. The van der Waals surface area contributed by atoms with Gasteiger partial charge in [-0.2, -0.15) is 0 Å². The summed E-state index contributed by atoms with van der Waals surface area (Å²) in [6.07, 6.45) is 3.99. The molecule has 0 radical (unpaired) electrons. The maximum Gasteiger partial charge on any atom is 0.361 e. The number of hydrogen-bond acceptors (Lipinski definition) is 6. The van der Waals surface area contributed by atoms with Crippen molar-refractivity contribution in [3.05, 3.63) is 58.2 Å². The highest BCUT2D eigenvalue weighted by Gasteiger charge is 2.40. The predicted octanol–water partition coefficient (Wildman–Crippen LogP) is 0.308. The van der Waals surface area contributed by atoms with E-state index in [4.69, 9.17) is 18.9 Å². The number of hydrogen-bond donors (Lipinski definition) is 0. The minimum absolute atomic E-state index is 0. The first-order valence-corrected chi connectivity index (χ1v) is 10.6. The van der Waals surface area contributed by atoms with Crippen LogP contribution >= 0.6 is 0 Å². The molecule has 7 nitrogen and oxygen atoms in total. The Hall–Kier alpha value is -2.84. The van der Waals surface area contributed by atoms with Crippen molar-refractivity contribution in [1.29, 1.82) is 0 Å². The molecule has 1 atom stereocenters. The van der Waals surface area contributed by atoms with E-state index in [2.05, 4.69) is 0 Å². The summed E-state index contributed by atoms with van der Waals surface area (Å²) in [5.74, 6) is 1.04. The molecule has 2 heterocycles. The van der Waals surface area contributed by atoms with Gasteiger partial charge < -0.3 is 40.4 Å². The minimum atomic E-state index is -0.270. The zero-order valence-corrected chi connectivity index (χ0v) is 20.9. The van der Waals surface area contributed by atoms with Crippen molar-refractivity contribution in [3.63, 3.8) is 0 Å². The summed E-state index contributed by atoms with van der Waals surface area (Å²) in [7, 11) is 4.97. The van der Waals surface area contributed by atoms with Crippen molar-refractivity contribution < 1.29 is 50.0 Å². The normalized spacial score (nSPS) is 18.4. The quantitative estimate of drug-likeness (QED) is 0.237. The first-order chi connectivity index (χ1) is 15.3. The van der Waals surface area contributed by atoms with E-state index in [-0.39, 0.29) is 42.1 Å². The molecular weight excluding hydrogens is 490 g/mol. The van der Waals surface area contributed by atoms with Crippen molar-refractivity contribution in [2.45, 2.75) is 19.9 Å². The van der Waals surface area contributed by atoms with Crippen LogP contribution in [0.3, 0.4) is 0 Å². The van der Waals surface area contributed by atoms with Crippen LogP contribution in [0.25, 0.3) is 6.08 Å². The maximum atomic E-state index is 13.4. The van der Waals surface area contributed by atoms with Crippen LogP contribution in [0.15, 0.2) is 30.3 Å². The molecule has 176 valence electrons. The predicted molar refractivity (Wildman–Crippen MR) is 119 cm³/mol. The Kier molecular flexibility index (Phi) is 7.49. The molecule has 0 amide bonds. The van der Waals surface area contributed by atoms with E-state index in [9.17, 15) is 9.59 Å². The van der Waals surface area contributed by atoms with Gasteiger partial charge in [0.05, 0.1) is 38.9 Å². The second-order valence-electron chi connectivity index (χ2n) is 8.52. The summed E-state index contributed by atoms with van der Waals surface area (Å²) in [6, 6.07) is 7.97. The molecular formula is C25H28BrNO6. The molecule has 4 rings (SSSR count). The molecule has 0 aromatic heterocycles. The fraction of sp³-hybridized carbons (Fsp3) is 0.360. The number of likely N-dealkylation sites (N-methyl/N-ethyl adjacent to an activating group) is 1. The summed E-state index contributed by atoms with van der Waals surface area (Å²) in [6.45, 7) is 3.50. The largest absolute Gasteiger partial charge is 1.00 e. The Balaban J connectivity index is 0.00000306. The average Bonchev–Trinajstić information content (AvgIpc) is 3.25. The third-order valence-electron chi connectivity index (χ3n) is 6.12. The number of allylic oxidation sites excluding steroid dienone is 1. The van der Waals surface area contributed by atoms with Crippen LogP contribution in [0.1, 0.15) is 32.6 Å². The van der Waals surface area contributed by atoms with Crippen LogP contribution in [0.4, 0.5) is 0 Å². The lowest BCUT2D eigenvalue weighted by Crippen LogP contribution is -3.00. The highest BCUT2D eigenvalue weighted by Crippen LogP contribution is 2.50. The fourth-order valence-corrected chi connectivity index (χ4v) is 4.40. The molecule has 1 unspecified atom stereocenters. The van der Waals surface area contributed by atoms with Gasteiger partial charge in [0.15, 0.2) is 23.8 Å². The van der Waals surface area contributed by atoms with Crippen LogP contribution in [-0.4, -0.2) is 57.4 Å². The Morgan fingerprint density at radius 1 is 1.09 bits per heavy atom. The zero-order valence-electron chi connectivity index (χ0n) is 19.3. The molecule has 2 aromatic rings. The number of carbonyl (C=O) groups excluding carboxylic acids is 2. The lowest BCUT2D eigenvalue weighted by Gasteiger charge is -2.38. The number of halogens is 1. The average molecular weight is 518 g/mol. The molecule has 0 aliphatic carbocycles. The zero-order chi connectivity index (χ0) is 22.9. The van der Waals surface area contributed by atoms with Crippen molar-refractivity contribution in [2.75, 3.05) is 41.1 Å². The van der Waals surface area contributed by atoms with Crippen molar-refractivity contribution in [2.24, 2.45) is 0 Å². The number of ketones is 1. The summed E-state index contributed by atoms with van der Waals surface area (Å²) in [5, 5.41) is 0. The second-order valence-corrected chi connectivity index (χ2v) is 8.52. The summed E-state index contributed by atoms with van der Waals surface area (Å²) < 4.78 is 22.5. The van der Waals surface area contributed by atoms with E-state index in [1.54, 1.807) is 19.3 Å². The van der Waals surface area contributed by atoms with Gasteiger partial charge in [-0.25, -0.2) is 4.79 Å². The number of methoxy groups -OCH3 is 2. The second kappa shape index (κ2) is 9.97. The molecule has 0 fully saturated rings. The van der Waals surface area contributed by atoms with Gasteiger partial charge in [0, 0.05) is 6.42 Å². The highest BCUT2D eigenvalue weighted by molar-refractivity contribution is 6.11. The number of ether oxygens (including phenoxy) is 4. The number of aryl methyl sites for hydroxylation is 1. The van der Waals surface area contributed by atoms with E-state index in [1.165, 1.54) is 7.11 Å². The standard InChI is InChI=1S/C25H28NO6.BrH/c1-16-5-7-17(8-6-16)9-10-20(27)22-18-11-12-26(2,14-21(28)29-3)13-19(18)23(30-4)25-24(22)31-15-32-25;/h5-10H,11-15H2,1-4H3;1H/q+1;/p-1/b10-9+;. The van der Waals surface area contributed by atoms with Gasteiger partial charge >= 0.3 is 5.97 Å². The number of carbonyl (C=O) groups is 2. The molecule has 0 bridgehead atoms. The SMILES string of the molecule is COC(=O)C[N+]1(C)CCc2c(c(OC)c3c(c2C(=O)/C=C/c2ccc(C)cc2)OCO3)C1.[Br-]. The first kappa shape index (κ1) is 24.8. The van der Waals surface area contributed by atoms with E-state index in [0.717, 1.165) is 22.3 Å². The summed E-state index contributed by atoms with van der Waals surface area (Å²) in [5.41, 5.74) is 4.39. The Morgan fingerprint density at radius 2 is 1.79 bits per heavy atom. The molecule has 8 heteroatoms. The monoisotopic (exact) mass is 517 g/mol. The van der Waals surface area contributed by atoms with Crippen LogP contribution in [0.5, 0.6) is 17.2 Å². The van der Waals surface area contributed by atoms with Gasteiger partial charge in [0.1, 0.15) is 6.54 Å². The molecule has 0 saturated heterocycles. The van der Waals surface area contributed by atoms with Gasteiger partial charge in [-0.05, 0) is 24.1 Å². The molecule has 0 saturated carbocycles. The third kappa shape index (κ3) is 4.91. The van der Waals surface area contributed by atoms with Crippen molar-refractivity contribution in [1.82, 2.24) is 0 Å². The molecule has 0 spiro atoms. The maximum absolute atomic E-state index is 13.4. The lowest BCUT2D eigenvalue weighted by molar-refractivity contribution is -0.917. The molecule has 33 heavy (non-hydrogen) atoms. The summed E-state index contributed by atoms with van der Waals surface area (Å²) in [4.78, 5) is 25.3. The third-order valence-corrected chi connectivity index (χ3v) is 6.12. The van der Waals surface area contributed by atoms with Gasteiger partial charge in [0.25, 0.3) is 0 Å². The number of fused-ring (bicyclic) bond motifs is 2. The van der Waals surface area contributed by atoms with E-state index in [1.807, 2.05) is 38.2 Å². The summed E-state index contributed by atoms with van der Waals surface area (Å²) >= 11 is 0. The molecule has 0 N–H and O–H groups in total. The van der Waals surface area contributed by atoms with Crippen LogP contribution < -0.4 is 31.2 Å². The van der Waals surface area contributed by atoms with Crippen molar-refractivity contribution >= 4 is 17.8 Å². The number of nitrogens with zero attached hydrogens (tertiary/aromatic N) is 1. The van der Waals surface area contributed by atoms with E-state index in [0.29, 0.717) is 46.8 Å². The van der Waals surface area contributed by atoms with Crippen LogP contribution in [0.2, 0.25) is 0 Å². The van der Waals surface area contributed by atoms with Crippen molar-refractivity contribution in [3.8, 4) is 17.2 Å². The Labute approximate surface area is 204 Å². The van der Waals surface area contributed by atoms with Gasteiger partial charge in [-0.15, -0.1) is 0 Å². The number of esters is 1. The van der Waals surface area contributed by atoms with Gasteiger partial charge in [-0.3, -0.25) is 4.79 Å².